The molecular weight excluding hydrogens is 308 g/mol. The molecule has 23 heavy (non-hydrogen) atoms. The lowest BCUT2D eigenvalue weighted by Gasteiger charge is -2.04. The van der Waals surface area contributed by atoms with E-state index in [1.165, 1.54) is 0 Å². The molecule has 0 N–H and O–H groups in total. The first-order chi connectivity index (χ1) is 11.3. The number of hydrogen-bond donors (Lipinski definition) is 0. The van der Waals surface area contributed by atoms with Crippen LogP contribution in [-0.4, -0.2) is 29.8 Å². The van der Waals surface area contributed by atoms with E-state index in [2.05, 4.69) is 31.1 Å². The molecule has 0 radical (unpaired) electrons. The summed E-state index contributed by atoms with van der Waals surface area (Å²) in [6, 6.07) is 18.0. The van der Waals surface area contributed by atoms with E-state index in [-0.39, 0.29) is 0 Å². The maximum atomic E-state index is 4.68. The minimum atomic E-state index is 0.707. The highest BCUT2D eigenvalue weighted by Gasteiger charge is 2.12. The minimum Gasteiger partial charge on any atom is -0.330 e. The van der Waals surface area contributed by atoms with E-state index >= 15 is 0 Å². The van der Waals surface area contributed by atoms with Crippen molar-refractivity contribution in [2.75, 3.05) is 0 Å². The second kappa shape index (κ2) is 5.85. The number of aromatic nitrogens is 6. The number of rotatable bonds is 4. The Hall–Kier alpha value is -2.67. The van der Waals surface area contributed by atoms with E-state index in [4.69, 9.17) is 0 Å². The highest BCUT2D eigenvalue weighted by atomic mass is 32.2. The molecule has 7 heteroatoms. The molecule has 0 atom stereocenters. The van der Waals surface area contributed by atoms with Crippen LogP contribution in [0.5, 0.6) is 0 Å². The van der Waals surface area contributed by atoms with Gasteiger partial charge in [-0.3, -0.25) is 0 Å². The number of para-hydroxylation sites is 3. The summed E-state index contributed by atoms with van der Waals surface area (Å²) in [6.45, 7) is 0. The second-order valence-corrected chi connectivity index (χ2v) is 6.02. The van der Waals surface area contributed by atoms with E-state index in [9.17, 15) is 0 Å². The molecule has 0 saturated heterocycles. The third-order valence-electron chi connectivity index (χ3n) is 3.65. The monoisotopic (exact) mass is 322 g/mol. The van der Waals surface area contributed by atoms with Gasteiger partial charge in [0.25, 0.3) is 0 Å². The standard InChI is InChI=1S/C16H14N6S/c1-21-14-10-6-5-9-13(14)17-15(21)11-23-16-18-19-20-22(16)12-7-3-2-4-8-12/h2-10H,11H2,1H3. The molecule has 6 nitrogen and oxygen atoms in total. The lowest BCUT2D eigenvalue weighted by molar-refractivity contribution is 0.755. The van der Waals surface area contributed by atoms with Gasteiger partial charge in [-0.2, -0.15) is 4.68 Å². The predicted molar refractivity (Wildman–Crippen MR) is 89.4 cm³/mol. The summed E-state index contributed by atoms with van der Waals surface area (Å²) in [6.07, 6.45) is 0. The number of thioether (sulfide) groups is 1. The molecule has 0 amide bonds. The normalized spacial score (nSPS) is 11.2. The Kier molecular flexibility index (Phi) is 3.55. The van der Waals surface area contributed by atoms with Gasteiger partial charge in [-0.1, -0.05) is 42.1 Å². The third kappa shape index (κ3) is 2.59. The van der Waals surface area contributed by atoms with E-state index in [1.807, 2.05) is 55.6 Å². The maximum Gasteiger partial charge on any atom is 0.214 e. The van der Waals surface area contributed by atoms with Crippen molar-refractivity contribution in [3.05, 3.63) is 60.4 Å². The molecule has 0 aliphatic carbocycles. The summed E-state index contributed by atoms with van der Waals surface area (Å²) < 4.78 is 3.85. The van der Waals surface area contributed by atoms with Crippen LogP contribution in [0.4, 0.5) is 0 Å². The first kappa shape index (κ1) is 14.0. The number of imidazole rings is 1. The van der Waals surface area contributed by atoms with Crippen molar-refractivity contribution in [1.29, 1.82) is 0 Å². The van der Waals surface area contributed by atoms with E-state index in [0.29, 0.717) is 5.75 Å². The van der Waals surface area contributed by atoms with Crippen LogP contribution >= 0.6 is 11.8 Å². The molecule has 0 saturated carbocycles. The van der Waals surface area contributed by atoms with Crippen LogP contribution in [0, 0.1) is 0 Å². The van der Waals surface area contributed by atoms with Crippen LogP contribution in [0.15, 0.2) is 59.8 Å². The van der Waals surface area contributed by atoms with Crippen LogP contribution in [0.1, 0.15) is 5.82 Å². The molecule has 0 bridgehead atoms. The van der Waals surface area contributed by atoms with Gasteiger partial charge in [-0.15, -0.1) is 5.10 Å². The summed E-state index contributed by atoms with van der Waals surface area (Å²) in [5.74, 6) is 1.71. The van der Waals surface area contributed by atoms with Crippen LogP contribution in [0.3, 0.4) is 0 Å². The molecule has 2 heterocycles. The van der Waals surface area contributed by atoms with Crippen molar-refractivity contribution in [2.24, 2.45) is 7.05 Å². The fraction of sp³-hybridized carbons (Fsp3) is 0.125. The van der Waals surface area contributed by atoms with Crippen LogP contribution < -0.4 is 0 Å². The van der Waals surface area contributed by atoms with Gasteiger partial charge >= 0.3 is 0 Å². The lowest BCUT2D eigenvalue weighted by atomic mass is 10.3. The van der Waals surface area contributed by atoms with Gasteiger partial charge in [-0.05, 0) is 34.7 Å². The predicted octanol–water partition coefficient (Wildman–Crippen LogP) is 2.84. The van der Waals surface area contributed by atoms with Crippen LogP contribution in [0.25, 0.3) is 16.7 Å². The Balaban J connectivity index is 1.60. The van der Waals surface area contributed by atoms with Gasteiger partial charge in [0.05, 0.1) is 22.5 Å². The first-order valence-electron chi connectivity index (χ1n) is 7.20. The van der Waals surface area contributed by atoms with Crippen LogP contribution in [0.2, 0.25) is 0 Å². The molecule has 4 rings (SSSR count). The molecule has 114 valence electrons. The van der Waals surface area contributed by atoms with Crippen molar-refractivity contribution >= 4 is 22.8 Å². The number of hydrogen-bond acceptors (Lipinski definition) is 5. The Morgan fingerprint density at radius 1 is 1.00 bits per heavy atom. The van der Waals surface area contributed by atoms with Gasteiger partial charge < -0.3 is 4.57 Å². The number of aryl methyl sites for hydroxylation is 1. The molecule has 2 aromatic heterocycles. The SMILES string of the molecule is Cn1c(CSc2nnnn2-c2ccccc2)nc2ccccc21. The average molecular weight is 322 g/mol. The zero-order chi connectivity index (χ0) is 15.6. The lowest BCUT2D eigenvalue weighted by Crippen LogP contribution is -2.00. The van der Waals surface area contributed by atoms with Crippen molar-refractivity contribution in [3.63, 3.8) is 0 Å². The quantitative estimate of drug-likeness (QED) is 0.541. The Labute approximate surface area is 137 Å². The molecule has 4 aromatic rings. The van der Waals surface area contributed by atoms with E-state index in [1.54, 1.807) is 16.4 Å². The second-order valence-electron chi connectivity index (χ2n) is 5.07. The fourth-order valence-corrected chi connectivity index (χ4v) is 3.33. The summed E-state index contributed by atoms with van der Waals surface area (Å²) in [5.41, 5.74) is 3.09. The van der Waals surface area contributed by atoms with E-state index in [0.717, 1.165) is 27.7 Å². The molecular formula is C16H14N6S. The summed E-state index contributed by atoms with van der Waals surface area (Å²) in [7, 11) is 2.03. The van der Waals surface area contributed by atoms with Gasteiger partial charge in [0.2, 0.25) is 5.16 Å². The van der Waals surface area contributed by atoms with Gasteiger partial charge in [0, 0.05) is 7.05 Å². The van der Waals surface area contributed by atoms with Crippen molar-refractivity contribution in [1.82, 2.24) is 29.8 Å². The highest BCUT2D eigenvalue weighted by molar-refractivity contribution is 7.98. The van der Waals surface area contributed by atoms with Crippen molar-refractivity contribution in [3.8, 4) is 5.69 Å². The summed E-state index contributed by atoms with van der Waals surface area (Å²) in [5, 5.41) is 12.7. The zero-order valence-electron chi connectivity index (χ0n) is 12.5. The largest absolute Gasteiger partial charge is 0.330 e. The van der Waals surface area contributed by atoms with Gasteiger partial charge in [0.1, 0.15) is 5.82 Å². The summed E-state index contributed by atoms with van der Waals surface area (Å²) >= 11 is 1.57. The minimum absolute atomic E-state index is 0.707. The zero-order valence-corrected chi connectivity index (χ0v) is 13.3. The number of benzene rings is 2. The maximum absolute atomic E-state index is 4.68. The van der Waals surface area contributed by atoms with E-state index < -0.39 is 0 Å². The molecule has 2 aromatic carbocycles. The topological polar surface area (TPSA) is 61.4 Å². The Bertz CT molecular complexity index is 944. The smallest absolute Gasteiger partial charge is 0.214 e. The number of nitrogens with zero attached hydrogens (tertiary/aromatic N) is 6. The Morgan fingerprint density at radius 2 is 1.78 bits per heavy atom. The molecule has 0 unspecified atom stereocenters. The molecule has 0 spiro atoms. The Morgan fingerprint density at radius 3 is 2.61 bits per heavy atom. The first-order valence-corrected chi connectivity index (χ1v) is 8.18. The third-order valence-corrected chi connectivity index (χ3v) is 4.57. The molecule has 0 aliphatic heterocycles. The fourth-order valence-electron chi connectivity index (χ4n) is 2.45. The number of fused-ring (bicyclic) bond motifs is 1. The number of tetrazole rings is 1. The average Bonchev–Trinajstić information content (AvgIpc) is 3.19. The molecule has 0 aliphatic rings. The molecule has 0 fully saturated rings. The van der Waals surface area contributed by atoms with Gasteiger partial charge in [0.15, 0.2) is 0 Å². The highest BCUT2D eigenvalue weighted by Crippen LogP contribution is 2.24. The van der Waals surface area contributed by atoms with Crippen molar-refractivity contribution in [2.45, 2.75) is 10.9 Å². The van der Waals surface area contributed by atoms with Crippen molar-refractivity contribution < 1.29 is 0 Å². The van der Waals surface area contributed by atoms with Crippen LogP contribution in [-0.2, 0) is 12.8 Å². The summed E-state index contributed by atoms with van der Waals surface area (Å²) in [4.78, 5) is 4.68. The van der Waals surface area contributed by atoms with Gasteiger partial charge in [-0.25, -0.2) is 4.98 Å².